The maximum Gasteiger partial charge on any atom is 0.321 e. The Hall–Kier alpha value is -2.62. The van der Waals surface area contributed by atoms with E-state index >= 15 is 0 Å². The van der Waals surface area contributed by atoms with Crippen molar-refractivity contribution >= 4 is 39.2 Å². The number of anilines is 1. The van der Waals surface area contributed by atoms with E-state index in [0.717, 1.165) is 5.69 Å². The van der Waals surface area contributed by atoms with E-state index in [1.165, 1.54) is 10.4 Å². The third-order valence-corrected chi connectivity index (χ3v) is 8.56. The van der Waals surface area contributed by atoms with Crippen LogP contribution < -0.4 is 5.32 Å². The summed E-state index contributed by atoms with van der Waals surface area (Å²) >= 11 is 6.09. The first-order valence-electron chi connectivity index (χ1n) is 11.0. The highest BCUT2D eigenvalue weighted by atomic mass is 35.5. The zero-order valence-corrected chi connectivity index (χ0v) is 19.8. The highest BCUT2D eigenvalue weighted by Crippen LogP contribution is 2.26. The van der Waals surface area contributed by atoms with Crippen LogP contribution in [0.4, 0.5) is 10.5 Å². The molecule has 0 saturated carbocycles. The quantitative estimate of drug-likeness (QED) is 0.713. The summed E-state index contributed by atoms with van der Waals surface area (Å²) in [4.78, 5) is 29.0. The molecule has 4 rings (SSSR count). The Kier molecular flexibility index (Phi) is 7.21. The van der Waals surface area contributed by atoms with Gasteiger partial charge in [0.15, 0.2) is 0 Å². The van der Waals surface area contributed by atoms with E-state index in [1.807, 2.05) is 30.3 Å². The fourth-order valence-corrected chi connectivity index (χ4v) is 6.17. The number of halogens is 1. The number of hydrogen-bond donors (Lipinski definition) is 1. The molecular weight excluding hydrogens is 464 g/mol. The maximum absolute atomic E-state index is 13.0. The second-order valence-electron chi connectivity index (χ2n) is 8.22. The van der Waals surface area contributed by atoms with Gasteiger partial charge < -0.3 is 15.1 Å². The lowest BCUT2D eigenvalue weighted by molar-refractivity contribution is -0.138. The molecule has 176 valence electrons. The smallest absolute Gasteiger partial charge is 0.321 e. The van der Waals surface area contributed by atoms with Gasteiger partial charge in [-0.25, -0.2) is 13.2 Å². The number of carbonyl (C=O) groups excluding carboxylic acids is 2. The van der Waals surface area contributed by atoms with Crippen LogP contribution in [0.2, 0.25) is 5.02 Å². The summed E-state index contributed by atoms with van der Waals surface area (Å²) < 4.78 is 27.2. The van der Waals surface area contributed by atoms with Crippen LogP contribution in [0.25, 0.3) is 0 Å². The number of benzene rings is 2. The first-order valence-corrected chi connectivity index (χ1v) is 12.8. The third-order valence-electron chi connectivity index (χ3n) is 6.16. The van der Waals surface area contributed by atoms with Crippen molar-refractivity contribution in [3.8, 4) is 0 Å². The largest absolute Gasteiger partial charge is 0.340 e. The molecule has 0 atom stereocenters. The zero-order valence-electron chi connectivity index (χ0n) is 18.2. The summed E-state index contributed by atoms with van der Waals surface area (Å²) in [5, 5.41) is 3.07. The zero-order chi connectivity index (χ0) is 23.4. The van der Waals surface area contributed by atoms with E-state index in [-0.39, 0.29) is 40.9 Å². The van der Waals surface area contributed by atoms with Gasteiger partial charge in [0, 0.05) is 50.9 Å². The van der Waals surface area contributed by atoms with Gasteiger partial charge in [0.25, 0.3) is 0 Å². The number of hydrogen-bond acceptors (Lipinski definition) is 4. The van der Waals surface area contributed by atoms with E-state index in [9.17, 15) is 18.0 Å². The molecule has 2 aromatic rings. The lowest BCUT2D eigenvalue weighted by Crippen LogP contribution is -2.53. The van der Waals surface area contributed by atoms with E-state index in [4.69, 9.17) is 11.6 Å². The summed E-state index contributed by atoms with van der Waals surface area (Å²) in [5.74, 6) is -0.120. The monoisotopic (exact) mass is 490 g/mol. The Balaban J connectivity index is 1.27. The Morgan fingerprint density at radius 1 is 0.818 bits per heavy atom. The van der Waals surface area contributed by atoms with Crippen LogP contribution in [0.5, 0.6) is 0 Å². The number of nitrogens with one attached hydrogen (secondary N) is 1. The number of piperazine rings is 1. The average Bonchev–Trinajstić information content (AvgIpc) is 2.84. The molecule has 2 saturated heterocycles. The molecule has 2 fully saturated rings. The standard InChI is InChI=1S/C23H27ClN4O4S/c24-20-8-4-5-9-21(20)33(31,32)28-16-14-26(15-17-28)22(29)18-10-12-27(13-11-18)23(30)25-19-6-2-1-3-7-19/h1-9,18H,10-17H2,(H,25,30). The molecule has 2 heterocycles. The van der Waals surface area contributed by atoms with Crippen LogP contribution in [0.1, 0.15) is 12.8 Å². The highest BCUT2D eigenvalue weighted by Gasteiger charge is 2.35. The van der Waals surface area contributed by atoms with Gasteiger partial charge in [0.2, 0.25) is 15.9 Å². The molecule has 10 heteroatoms. The topological polar surface area (TPSA) is 90.0 Å². The predicted molar refractivity (Wildman–Crippen MR) is 127 cm³/mol. The number of para-hydroxylation sites is 1. The summed E-state index contributed by atoms with van der Waals surface area (Å²) in [6.45, 7) is 2.18. The van der Waals surface area contributed by atoms with E-state index < -0.39 is 10.0 Å². The van der Waals surface area contributed by atoms with E-state index in [2.05, 4.69) is 5.32 Å². The molecule has 0 unspecified atom stereocenters. The Bertz CT molecular complexity index is 1100. The molecule has 33 heavy (non-hydrogen) atoms. The second-order valence-corrected chi connectivity index (χ2v) is 10.5. The van der Waals surface area contributed by atoms with Gasteiger partial charge in [-0.1, -0.05) is 41.9 Å². The molecule has 8 nitrogen and oxygen atoms in total. The SMILES string of the molecule is O=C(Nc1ccccc1)N1CCC(C(=O)N2CCN(S(=O)(=O)c3ccccc3Cl)CC2)CC1. The van der Waals surface area contributed by atoms with Crippen LogP contribution in [0.15, 0.2) is 59.5 Å². The molecular formula is C23H27ClN4O4S. The van der Waals surface area contributed by atoms with Gasteiger partial charge in [0.05, 0.1) is 5.02 Å². The van der Waals surface area contributed by atoms with Crippen LogP contribution in [-0.2, 0) is 14.8 Å². The minimum atomic E-state index is -3.70. The molecule has 2 aromatic carbocycles. The van der Waals surface area contributed by atoms with Crippen molar-refractivity contribution in [3.63, 3.8) is 0 Å². The summed E-state index contributed by atoms with van der Waals surface area (Å²) in [6.07, 6.45) is 1.19. The number of urea groups is 1. The fourth-order valence-electron chi connectivity index (χ4n) is 4.25. The average molecular weight is 491 g/mol. The molecule has 0 bridgehead atoms. The fraction of sp³-hybridized carbons (Fsp3) is 0.391. The first kappa shape index (κ1) is 23.5. The number of piperidine rings is 1. The van der Waals surface area contributed by atoms with Gasteiger partial charge in [0.1, 0.15) is 4.90 Å². The summed E-state index contributed by atoms with van der Waals surface area (Å²) in [5.41, 5.74) is 0.741. The normalized spacial score (nSPS) is 18.2. The predicted octanol–water partition coefficient (Wildman–Crippen LogP) is 3.12. The minimum Gasteiger partial charge on any atom is -0.340 e. The van der Waals surface area contributed by atoms with Gasteiger partial charge in [-0.15, -0.1) is 0 Å². The van der Waals surface area contributed by atoms with Gasteiger partial charge in [-0.2, -0.15) is 4.31 Å². The van der Waals surface area contributed by atoms with Crippen LogP contribution in [0.3, 0.4) is 0 Å². The lowest BCUT2D eigenvalue weighted by atomic mass is 9.95. The molecule has 2 aliphatic heterocycles. The van der Waals surface area contributed by atoms with Gasteiger partial charge >= 0.3 is 6.03 Å². The number of amides is 3. The van der Waals surface area contributed by atoms with Crippen molar-refractivity contribution in [2.45, 2.75) is 17.7 Å². The van der Waals surface area contributed by atoms with Crippen LogP contribution in [0, 0.1) is 5.92 Å². The summed E-state index contributed by atoms with van der Waals surface area (Å²) in [7, 11) is -3.70. The number of rotatable bonds is 4. The van der Waals surface area contributed by atoms with Crippen molar-refractivity contribution < 1.29 is 18.0 Å². The Morgan fingerprint density at radius 2 is 1.42 bits per heavy atom. The van der Waals surface area contributed by atoms with E-state index in [1.54, 1.807) is 28.0 Å². The summed E-state index contributed by atoms with van der Waals surface area (Å²) in [6, 6.07) is 15.5. The van der Waals surface area contributed by atoms with Gasteiger partial charge in [-0.3, -0.25) is 4.79 Å². The second kappa shape index (κ2) is 10.1. The van der Waals surface area contributed by atoms with Crippen molar-refractivity contribution in [2.75, 3.05) is 44.6 Å². The van der Waals surface area contributed by atoms with Crippen LogP contribution in [-0.4, -0.2) is 73.7 Å². The van der Waals surface area contributed by atoms with Crippen molar-refractivity contribution in [3.05, 3.63) is 59.6 Å². The number of sulfonamides is 1. The molecule has 0 radical (unpaired) electrons. The molecule has 0 aliphatic carbocycles. The number of carbonyl (C=O) groups is 2. The molecule has 0 spiro atoms. The first-order chi connectivity index (χ1) is 15.9. The lowest BCUT2D eigenvalue weighted by Gasteiger charge is -2.38. The van der Waals surface area contributed by atoms with Crippen LogP contribution >= 0.6 is 11.6 Å². The van der Waals surface area contributed by atoms with Crippen molar-refractivity contribution in [1.29, 1.82) is 0 Å². The molecule has 0 aromatic heterocycles. The minimum absolute atomic E-state index is 0.0351. The maximum atomic E-state index is 13.0. The van der Waals surface area contributed by atoms with Gasteiger partial charge in [-0.05, 0) is 37.1 Å². The van der Waals surface area contributed by atoms with E-state index in [0.29, 0.717) is 39.0 Å². The molecule has 3 amide bonds. The van der Waals surface area contributed by atoms with Crippen molar-refractivity contribution in [2.24, 2.45) is 5.92 Å². The molecule has 2 aliphatic rings. The third kappa shape index (κ3) is 5.31. The van der Waals surface area contributed by atoms with Crippen molar-refractivity contribution in [1.82, 2.24) is 14.1 Å². The number of likely N-dealkylation sites (tertiary alicyclic amines) is 1. The highest BCUT2D eigenvalue weighted by molar-refractivity contribution is 7.89. The number of nitrogens with zero attached hydrogens (tertiary/aromatic N) is 3. The Morgan fingerprint density at radius 3 is 2.06 bits per heavy atom. The molecule has 1 N–H and O–H groups in total. The Labute approximate surface area is 199 Å².